The molecule has 38 heavy (non-hydrogen) atoms. The highest BCUT2D eigenvalue weighted by Gasteiger charge is 2.24. The van der Waals surface area contributed by atoms with Crippen molar-refractivity contribution in [3.05, 3.63) is 110 Å². The summed E-state index contributed by atoms with van der Waals surface area (Å²) in [6.07, 6.45) is 6.33. The van der Waals surface area contributed by atoms with Gasteiger partial charge in [-0.25, -0.2) is 14.2 Å². The molecule has 0 radical (unpaired) electrons. The lowest BCUT2D eigenvalue weighted by molar-refractivity contribution is 0.305. The van der Waals surface area contributed by atoms with Gasteiger partial charge < -0.3 is 9.14 Å². The van der Waals surface area contributed by atoms with E-state index >= 15 is 0 Å². The lowest BCUT2D eigenvalue weighted by atomic mass is 9.89. The molecular formula is C29H26FN5O3. The molecule has 1 aliphatic heterocycles. The fourth-order valence-corrected chi connectivity index (χ4v) is 5.17. The van der Waals surface area contributed by atoms with Crippen LogP contribution in [0.4, 0.5) is 4.39 Å². The summed E-state index contributed by atoms with van der Waals surface area (Å²) in [5, 5.41) is 3.88. The molecule has 0 saturated heterocycles. The highest BCUT2D eigenvalue weighted by atomic mass is 19.1. The van der Waals surface area contributed by atoms with Gasteiger partial charge in [0.1, 0.15) is 18.2 Å². The van der Waals surface area contributed by atoms with Crippen molar-refractivity contribution in [2.75, 3.05) is 0 Å². The highest BCUT2D eigenvalue weighted by molar-refractivity contribution is 5.99. The summed E-state index contributed by atoms with van der Waals surface area (Å²) in [7, 11) is 0. The lowest BCUT2D eigenvalue weighted by Gasteiger charge is -2.14. The van der Waals surface area contributed by atoms with Crippen molar-refractivity contribution in [1.29, 1.82) is 0 Å². The van der Waals surface area contributed by atoms with Crippen molar-refractivity contribution in [3.8, 4) is 5.75 Å². The third-order valence-corrected chi connectivity index (χ3v) is 6.96. The van der Waals surface area contributed by atoms with E-state index < -0.39 is 5.76 Å². The number of aryl methyl sites for hydroxylation is 2. The predicted octanol–water partition coefficient (Wildman–Crippen LogP) is 5.27. The average Bonchev–Trinajstić information content (AvgIpc) is 3.45. The monoisotopic (exact) mass is 511 g/mol. The Balaban J connectivity index is 1.48. The molecule has 4 heterocycles. The first-order chi connectivity index (χ1) is 18.4. The Bertz CT molecular complexity index is 1780. The number of aromatic amines is 1. The zero-order chi connectivity index (χ0) is 26.4. The van der Waals surface area contributed by atoms with Crippen LogP contribution in [0.3, 0.4) is 0 Å². The van der Waals surface area contributed by atoms with E-state index in [-0.39, 0.29) is 12.4 Å². The van der Waals surface area contributed by atoms with E-state index in [0.717, 1.165) is 57.8 Å². The third-order valence-electron chi connectivity index (χ3n) is 6.96. The number of hydrogen-bond acceptors (Lipinski definition) is 6. The first-order valence-corrected chi connectivity index (χ1v) is 12.6. The number of nitrogens with zero attached hydrogens (tertiary/aromatic N) is 4. The summed E-state index contributed by atoms with van der Waals surface area (Å²) in [4.78, 5) is 23.6. The minimum atomic E-state index is -0.638. The quantitative estimate of drug-likeness (QED) is 0.345. The molecule has 0 bridgehead atoms. The van der Waals surface area contributed by atoms with Gasteiger partial charge in [-0.3, -0.25) is 14.5 Å². The molecule has 3 aromatic heterocycles. The largest absolute Gasteiger partial charge is 0.488 e. The molecule has 0 amide bonds. The summed E-state index contributed by atoms with van der Waals surface area (Å²) < 4.78 is 27.1. The molecule has 1 aliphatic rings. The third kappa shape index (κ3) is 4.09. The standard InChI is InChI=1S/C29H26FN5O3/c1-4-5-23-24(35-11-10-31-17(3)28(35)32-23)13-18-6-8-21-19(12-18)15-37-25-14-20(30)7-9-22(25)26(21)16(2)27-33-29(36)38-34-27/h6-12,14H,4-5,13,15H2,1-3H3,(H,33,34,36)/b26-16+. The van der Waals surface area contributed by atoms with Gasteiger partial charge in [-0.2, -0.15) is 0 Å². The van der Waals surface area contributed by atoms with Crippen molar-refractivity contribution in [1.82, 2.24) is 24.5 Å². The SMILES string of the molecule is CCCc1nc2c(C)nccn2c1Cc1ccc2c(c1)COc1cc(F)ccc1/C2=C(\C)c1noc(=O)[nH]1. The number of rotatable bonds is 5. The van der Waals surface area contributed by atoms with Crippen LogP contribution in [0.1, 0.15) is 65.4 Å². The van der Waals surface area contributed by atoms with Crippen LogP contribution in [0, 0.1) is 12.7 Å². The molecule has 9 heteroatoms. The Kier molecular flexibility index (Phi) is 5.90. The van der Waals surface area contributed by atoms with Gasteiger partial charge in [-0.15, -0.1) is 0 Å². The smallest absolute Gasteiger partial charge is 0.439 e. The van der Waals surface area contributed by atoms with Gasteiger partial charge in [0.2, 0.25) is 0 Å². The zero-order valence-electron chi connectivity index (χ0n) is 21.3. The molecule has 0 atom stereocenters. The van der Waals surface area contributed by atoms with Gasteiger partial charge in [0.15, 0.2) is 11.5 Å². The first-order valence-electron chi connectivity index (χ1n) is 12.6. The predicted molar refractivity (Wildman–Crippen MR) is 140 cm³/mol. The van der Waals surface area contributed by atoms with Crippen LogP contribution in [0.15, 0.2) is 58.1 Å². The first kappa shape index (κ1) is 23.8. The number of allylic oxidation sites excluding steroid dienone is 1. The number of H-pyrrole nitrogens is 1. The van der Waals surface area contributed by atoms with Crippen molar-refractivity contribution >= 4 is 16.8 Å². The van der Waals surface area contributed by atoms with Crippen molar-refractivity contribution in [2.45, 2.75) is 46.6 Å². The maximum atomic E-state index is 14.2. The van der Waals surface area contributed by atoms with Crippen molar-refractivity contribution < 1.29 is 13.7 Å². The van der Waals surface area contributed by atoms with Crippen LogP contribution in [-0.4, -0.2) is 24.5 Å². The Hall–Kier alpha value is -4.53. The number of aromatic nitrogens is 5. The fraction of sp³-hybridized carbons (Fsp3) is 0.241. The van der Waals surface area contributed by atoms with Gasteiger partial charge >= 0.3 is 5.76 Å². The van der Waals surface area contributed by atoms with E-state index in [0.29, 0.717) is 29.1 Å². The van der Waals surface area contributed by atoms with E-state index in [1.165, 1.54) is 12.1 Å². The molecule has 0 spiro atoms. The number of fused-ring (bicyclic) bond motifs is 3. The maximum Gasteiger partial charge on any atom is 0.439 e. The molecule has 1 N–H and O–H groups in total. The number of hydrogen-bond donors (Lipinski definition) is 1. The number of ether oxygens (including phenoxy) is 1. The minimum Gasteiger partial charge on any atom is -0.488 e. The topological polar surface area (TPSA) is 98.3 Å². The molecule has 0 aliphatic carbocycles. The van der Waals surface area contributed by atoms with Gasteiger partial charge in [-0.05, 0) is 54.7 Å². The van der Waals surface area contributed by atoms with E-state index in [9.17, 15) is 9.18 Å². The molecule has 8 nitrogen and oxygen atoms in total. The molecule has 0 fully saturated rings. The highest BCUT2D eigenvalue weighted by Crippen LogP contribution is 2.41. The molecule has 2 aromatic carbocycles. The van der Waals surface area contributed by atoms with Crippen LogP contribution < -0.4 is 10.5 Å². The molecule has 0 saturated carbocycles. The van der Waals surface area contributed by atoms with E-state index in [4.69, 9.17) is 14.2 Å². The number of halogens is 1. The second kappa shape index (κ2) is 9.41. The van der Waals surface area contributed by atoms with E-state index in [2.05, 4.69) is 44.6 Å². The lowest BCUT2D eigenvalue weighted by Crippen LogP contribution is -2.03. The zero-order valence-corrected chi connectivity index (χ0v) is 21.3. The number of nitrogens with one attached hydrogen (secondary N) is 1. The second-order valence-electron chi connectivity index (χ2n) is 9.50. The van der Waals surface area contributed by atoms with Gasteiger partial charge in [0, 0.05) is 36.0 Å². The summed E-state index contributed by atoms with van der Waals surface area (Å²) in [5.41, 5.74) is 9.17. The summed E-state index contributed by atoms with van der Waals surface area (Å²) in [6.45, 7) is 6.24. The molecule has 192 valence electrons. The van der Waals surface area contributed by atoms with Crippen LogP contribution in [0.5, 0.6) is 5.75 Å². The molecular weight excluding hydrogens is 485 g/mol. The van der Waals surface area contributed by atoms with Gasteiger partial charge in [0.25, 0.3) is 0 Å². The van der Waals surface area contributed by atoms with E-state index in [1.807, 2.05) is 20.0 Å². The summed E-state index contributed by atoms with van der Waals surface area (Å²) >= 11 is 0. The molecule has 0 unspecified atom stereocenters. The number of benzene rings is 2. The minimum absolute atomic E-state index is 0.268. The van der Waals surface area contributed by atoms with Crippen LogP contribution in [0.2, 0.25) is 0 Å². The van der Waals surface area contributed by atoms with E-state index in [1.54, 1.807) is 12.3 Å². The van der Waals surface area contributed by atoms with Crippen molar-refractivity contribution in [3.63, 3.8) is 0 Å². The summed E-state index contributed by atoms with van der Waals surface area (Å²) in [6, 6.07) is 10.7. The molecule has 6 rings (SSSR count). The fourth-order valence-electron chi connectivity index (χ4n) is 5.17. The second-order valence-corrected chi connectivity index (χ2v) is 9.50. The number of imidazole rings is 1. The Morgan fingerprint density at radius 3 is 2.82 bits per heavy atom. The van der Waals surface area contributed by atoms with Crippen LogP contribution in [-0.2, 0) is 19.4 Å². The Morgan fingerprint density at radius 1 is 1.18 bits per heavy atom. The molecule has 5 aromatic rings. The Labute approximate surface area is 217 Å². The Morgan fingerprint density at radius 2 is 2.03 bits per heavy atom. The van der Waals surface area contributed by atoms with Crippen LogP contribution in [0.25, 0.3) is 16.8 Å². The van der Waals surface area contributed by atoms with Gasteiger partial charge in [-0.1, -0.05) is 36.7 Å². The van der Waals surface area contributed by atoms with Crippen molar-refractivity contribution in [2.24, 2.45) is 0 Å². The average molecular weight is 512 g/mol. The normalized spacial score (nSPS) is 14.1. The van der Waals surface area contributed by atoms with Gasteiger partial charge in [0.05, 0.1) is 17.1 Å². The van der Waals surface area contributed by atoms with Crippen LogP contribution >= 0.6 is 0 Å². The summed E-state index contributed by atoms with van der Waals surface area (Å²) in [5.74, 6) is -0.279. The maximum absolute atomic E-state index is 14.2.